The highest BCUT2D eigenvalue weighted by atomic mass is 19.4. The number of methoxy groups -OCH3 is 1. The van der Waals surface area contributed by atoms with E-state index in [1.165, 1.54) is 12.1 Å². The molecule has 26 heavy (non-hydrogen) atoms. The predicted octanol–water partition coefficient (Wildman–Crippen LogP) is 3.15. The summed E-state index contributed by atoms with van der Waals surface area (Å²) in [6.45, 7) is 0. The van der Waals surface area contributed by atoms with Gasteiger partial charge in [-0.05, 0) is 17.2 Å². The molecule has 1 N–H and O–H groups in total. The van der Waals surface area contributed by atoms with E-state index in [2.05, 4.69) is 10.1 Å². The third-order valence-electron chi connectivity index (χ3n) is 3.72. The first-order valence-electron chi connectivity index (χ1n) is 7.87. The maximum atomic E-state index is 12.8. The second-order valence-electron chi connectivity index (χ2n) is 5.71. The molecule has 1 atom stereocenters. The molecule has 2 rings (SSSR count). The highest BCUT2D eigenvalue weighted by Crippen LogP contribution is 2.29. The molecule has 1 amide bonds. The van der Waals surface area contributed by atoms with Gasteiger partial charge in [0.05, 0.1) is 19.1 Å². The van der Waals surface area contributed by atoms with Gasteiger partial charge in [-0.2, -0.15) is 13.2 Å². The summed E-state index contributed by atoms with van der Waals surface area (Å²) >= 11 is 0. The summed E-state index contributed by atoms with van der Waals surface area (Å²) in [5.41, 5.74) is 0.220. The summed E-state index contributed by atoms with van der Waals surface area (Å²) in [7, 11) is 1.16. The zero-order chi connectivity index (χ0) is 19.2. The van der Waals surface area contributed by atoms with Crippen molar-refractivity contribution in [2.45, 2.75) is 25.1 Å². The van der Waals surface area contributed by atoms with Crippen LogP contribution in [0.2, 0.25) is 0 Å². The molecule has 0 aliphatic rings. The van der Waals surface area contributed by atoms with Gasteiger partial charge in [0.15, 0.2) is 0 Å². The minimum Gasteiger partial charge on any atom is -0.467 e. The van der Waals surface area contributed by atoms with E-state index in [0.29, 0.717) is 0 Å². The maximum absolute atomic E-state index is 12.8. The number of benzene rings is 2. The Morgan fingerprint density at radius 1 is 1.04 bits per heavy atom. The zero-order valence-electron chi connectivity index (χ0n) is 14.0. The lowest BCUT2D eigenvalue weighted by atomic mass is 10.0. The summed E-state index contributed by atoms with van der Waals surface area (Å²) in [6, 6.07) is 12.5. The van der Waals surface area contributed by atoms with Crippen LogP contribution in [0.1, 0.15) is 16.7 Å². The van der Waals surface area contributed by atoms with E-state index in [4.69, 9.17) is 0 Å². The number of halogens is 3. The van der Waals surface area contributed by atoms with E-state index < -0.39 is 29.7 Å². The van der Waals surface area contributed by atoms with Crippen LogP contribution in [-0.4, -0.2) is 25.0 Å². The van der Waals surface area contributed by atoms with Gasteiger partial charge in [0.1, 0.15) is 6.04 Å². The van der Waals surface area contributed by atoms with E-state index in [9.17, 15) is 22.8 Å². The van der Waals surface area contributed by atoms with Crippen LogP contribution >= 0.6 is 0 Å². The molecule has 0 saturated carbocycles. The first-order chi connectivity index (χ1) is 12.3. The van der Waals surface area contributed by atoms with Crippen molar-refractivity contribution in [3.05, 3.63) is 71.3 Å². The highest BCUT2D eigenvalue weighted by molar-refractivity contribution is 5.85. The topological polar surface area (TPSA) is 55.4 Å². The molecule has 0 radical (unpaired) electrons. The molecular formula is C19H18F3NO3. The molecule has 4 nitrogen and oxygen atoms in total. The highest BCUT2D eigenvalue weighted by Gasteiger charge is 2.31. The third-order valence-corrected chi connectivity index (χ3v) is 3.72. The Morgan fingerprint density at radius 3 is 2.31 bits per heavy atom. The quantitative estimate of drug-likeness (QED) is 0.800. The van der Waals surface area contributed by atoms with Gasteiger partial charge in [0, 0.05) is 6.42 Å². The third kappa shape index (κ3) is 5.61. The fourth-order valence-electron chi connectivity index (χ4n) is 2.47. The van der Waals surface area contributed by atoms with Crippen molar-refractivity contribution in [1.82, 2.24) is 5.32 Å². The maximum Gasteiger partial charge on any atom is 0.416 e. The SMILES string of the molecule is COC(=O)[C@H](Cc1cccc(C(F)(F)F)c1)NC(=O)Cc1ccccc1. The Labute approximate surface area is 149 Å². The Morgan fingerprint density at radius 2 is 1.69 bits per heavy atom. The van der Waals surface area contributed by atoms with Crippen LogP contribution in [0.15, 0.2) is 54.6 Å². The molecule has 0 aliphatic carbocycles. The first-order valence-corrected chi connectivity index (χ1v) is 7.87. The van der Waals surface area contributed by atoms with Crippen LogP contribution in [0.25, 0.3) is 0 Å². The number of rotatable bonds is 6. The summed E-state index contributed by atoms with van der Waals surface area (Å²) in [6.07, 6.45) is -4.53. The van der Waals surface area contributed by atoms with Gasteiger partial charge in [0.25, 0.3) is 0 Å². The normalized spacial score (nSPS) is 12.3. The number of carbonyl (C=O) groups is 2. The Bertz CT molecular complexity index is 760. The molecule has 0 saturated heterocycles. The van der Waals surface area contributed by atoms with Gasteiger partial charge in [0.2, 0.25) is 5.91 Å². The van der Waals surface area contributed by atoms with Gasteiger partial charge < -0.3 is 10.1 Å². The fraction of sp³-hybridized carbons (Fsp3) is 0.263. The predicted molar refractivity (Wildman–Crippen MR) is 89.2 cm³/mol. The largest absolute Gasteiger partial charge is 0.467 e. The fourth-order valence-corrected chi connectivity index (χ4v) is 2.47. The average Bonchev–Trinajstić information content (AvgIpc) is 2.61. The number of alkyl halides is 3. The lowest BCUT2D eigenvalue weighted by Crippen LogP contribution is -2.43. The van der Waals surface area contributed by atoms with E-state index >= 15 is 0 Å². The number of ether oxygens (including phenoxy) is 1. The molecule has 0 spiro atoms. The van der Waals surface area contributed by atoms with E-state index in [1.54, 1.807) is 24.3 Å². The van der Waals surface area contributed by atoms with E-state index in [0.717, 1.165) is 24.8 Å². The molecule has 7 heteroatoms. The lowest BCUT2D eigenvalue weighted by Gasteiger charge is -2.17. The van der Waals surface area contributed by atoms with Gasteiger partial charge in [-0.25, -0.2) is 4.79 Å². The Balaban J connectivity index is 2.10. The molecule has 138 valence electrons. The molecule has 2 aromatic rings. The number of esters is 1. The van der Waals surface area contributed by atoms with Crippen LogP contribution < -0.4 is 5.32 Å². The van der Waals surface area contributed by atoms with Crippen LogP contribution in [0.3, 0.4) is 0 Å². The minimum absolute atomic E-state index is 0.0525. The van der Waals surface area contributed by atoms with Crippen LogP contribution in [0, 0.1) is 0 Å². The van der Waals surface area contributed by atoms with Gasteiger partial charge in [-0.1, -0.05) is 48.5 Å². The first kappa shape index (κ1) is 19.5. The standard InChI is InChI=1S/C19H18F3NO3/c1-26-18(25)16(23-17(24)12-13-6-3-2-4-7-13)11-14-8-5-9-15(10-14)19(20,21)22/h2-10,16H,11-12H2,1H3,(H,23,24)/t16-/m0/s1. The summed E-state index contributed by atoms with van der Waals surface area (Å²) in [5, 5.41) is 2.53. The number of nitrogens with one attached hydrogen (secondary N) is 1. The number of hydrogen-bond acceptors (Lipinski definition) is 3. The summed E-state index contributed by atoms with van der Waals surface area (Å²) in [5.74, 6) is -1.14. The minimum atomic E-state index is -4.48. The molecule has 0 unspecified atom stereocenters. The molecule has 0 bridgehead atoms. The monoisotopic (exact) mass is 365 g/mol. The summed E-state index contributed by atoms with van der Waals surface area (Å²) in [4.78, 5) is 24.1. The van der Waals surface area contributed by atoms with Crippen molar-refractivity contribution in [2.75, 3.05) is 7.11 Å². The van der Waals surface area contributed by atoms with Crippen LogP contribution in [0.4, 0.5) is 13.2 Å². The molecule has 0 aliphatic heterocycles. The van der Waals surface area contributed by atoms with Crippen molar-refractivity contribution in [3.8, 4) is 0 Å². The molecular weight excluding hydrogens is 347 g/mol. The van der Waals surface area contributed by atoms with Gasteiger partial charge in [-0.15, -0.1) is 0 Å². The van der Waals surface area contributed by atoms with E-state index in [1.807, 2.05) is 6.07 Å². The average molecular weight is 365 g/mol. The second kappa shape index (κ2) is 8.51. The van der Waals surface area contributed by atoms with E-state index in [-0.39, 0.29) is 18.4 Å². The van der Waals surface area contributed by atoms with Gasteiger partial charge >= 0.3 is 12.1 Å². The van der Waals surface area contributed by atoms with Crippen molar-refractivity contribution in [1.29, 1.82) is 0 Å². The zero-order valence-corrected chi connectivity index (χ0v) is 14.0. The number of hydrogen-bond donors (Lipinski definition) is 1. The van der Waals surface area contributed by atoms with Crippen molar-refractivity contribution in [3.63, 3.8) is 0 Å². The van der Waals surface area contributed by atoms with Crippen molar-refractivity contribution in [2.24, 2.45) is 0 Å². The van der Waals surface area contributed by atoms with Crippen LogP contribution in [-0.2, 0) is 33.3 Å². The molecule has 0 aromatic heterocycles. The Kier molecular flexibility index (Phi) is 6.38. The smallest absolute Gasteiger partial charge is 0.416 e. The Hall–Kier alpha value is -2.83. The molecule has 0 heterocycles. The molecule has 2 aromatic carbocycles. The summed E-state index contributed by atoms with van der Waals surface area (Å²) < 4.78 is 43.1. The second-order valence-corrected chi connectivity index (χ2v) is 5.71. The van der Waals surface area contributed by atoms with Crippen molar-refractivity contribution >= 4 is 11.9 Å². The number of carbonyl (C=O) groups excluding carboxylic acids is 2. The molecule has 0 fully saturated rings. The van der Waals surface area contributed by atoms with Crippen LogP contribution in [0.5, 0.6) is 0 Å². The lowest BCUT2D eigenvalue weighted by molar-refractivity contribution is -0.145. The van der Waals surface area contributed by atoms with Gasteiger partial charge in [-0.3, -0.25) is 4.79 Å². The van der Waals surface area contributed by atoms with Crippen molar-refractivity contribution < 1.29 is 27.5 Å². The number of amides is 1.